The quantitative estimate of drug-likeness (QED) is 0.322. The molecular weight excluding hydrogens is 444 g/mol. The van der Waals surface area contributed by atoms with E-state index in [0.29, 0.717) is 6.54 Å². The molecule has 0 saturated carbocycles. The lowest BCUT2D eigenvalue weighted by atomic mass is 10.0. The molecule has 0 radical (unpaired) electrons. The van der Waals surface area contributed by atoms with E-state index in [0.717, 1.165) is 48.1 Å². The summed E-state index contributed by atoms with van der Waals surface area (Å²) in [6, 6.07) is 12.3. The van der Waals surface area contributed by atoms with Crippen LogP contribution in [0.4, 0.5) is 0 Å². The number of thiophene rings is 1. The Morgan fingerprint density at radius 2 is 2.00 bits per heavy atom. The average Bonchev–Trinajstić information content (AvgIpc) is 3.50. The molecule has 0 aliphatic rings. The predicted octanol–water partition coefficient (Wildman–Crippen LogP) is 5.57. The van der Waals surface area contributed by atoms with E-state index in [1.165, 1.54) is 10.4 Å². The highest BCUT2D eigenvalue weighted by molar-refractivity contribution is 7.09. The van der Waals surface area contributed by atoms with E-state index in [4.69, 9.17) is 0 Å². The van der Waals surface area contributed by atoms with E-state index in [-0.39, 0.29) is 17.1 Å². The highest BCUT2D eigenvalue weighted by Crippen LogP contribution is 2.31. The van der Waals surface area contributed by atoms with E-state index in [1.807, 2.05) is 22.9 Å². The van der Waals surface area contributed by atoms with E-state index >= 15 is 0 Å². The molecule has 1 aromatic carbocycles. The SMILES string of the molecule is CCC[C@@H](c1nnnn1C(C)(C)CC)N(Cc1cccs1)Cc1cc2cc(C)ccc2[nH]c1=O. The summed E-state index contributed by atoms with van der Waals surface area (Å²) in [4.78, 5) is 19.8. The number of hydrogen-bond donors (Lipinski definition) is 1. The number of H-pyrrole nitrogens is 1. The summed E-state index contributed by atoms with van der Waals surface area (Å²) in [7, 11) is 0. The highest BCUT2D eigenvalue weighted by Gasteiger charge is 2.31. The lowest BCUT2D eigenvalue weighted by Gasteiger charge is -2.33. The number of aromatic amines is 1. The summed E-state index contributed by atoms with van der Waals surface area (Å²) in [5.41, 5.74) is 2.55. The van der Waals surface area contributed by atoms with Crippen molar-refractivity contribution in [3.63, 3.8) is 0 Å². The molecule has 4 rings (SSSR count). The van der Waals surface area contributed by atoms with Crippen molar-refractivity contribution in [2.75, 3.05) is 0 Å². The molecule has 0 unspecified atom stereocenters. The Morgan fingerprint density at radius 3 is 2.71 bits per heavy atom. The molecule has 7 nitrogen and oxygen atoms in total. The first-order chi connectivity index (χ1) is 16.3. The zero-order chi connectivity index (χ0) is 24.3. The fraction of sp³-hybridized carbons (Fsp3) is 0.462. The second-order valence-corrected chi connectivity index (χ2v) is 10.7. The number of nitrogens with one attached hydrogen (secondary N) is 1. The van der Waals surface area contributed by atoms with Gasteiger partial charge in [-0.3, -0.25) is 9.69 Å². The maximum Gasteiger partial charge on any atom is 0.252 e. The Hall–Kier alpha value is -2.84. The number of aromatic nitrogens is 5. The van der Waals surface area contributed by atoms with Gasteiger partial charge in [-0.25, -0.2) is 4.68 Å². The van der Waals surface area contributed by atoms with Gasteiger partial charge in [-0.2, -0.15) is 0 Å². The second kappa shape index (κ2) is 10.2. The van der Waals surface area contributed by atoms with Gasteiger partial charge in [-0.15, -0.1) is 16.4 Å². The Kier molecular flexibility index (Phi) is 7.28. The Labute approximate surface area is 204 Å². The zero-order valence-electron chi connectivity index (χ0n) is 20.7. The molecule has 8 heteroatoms. The van der Waals surface area contributed by atoms with Gasteiger partial charge in [-0.05, 0) is 79.1 Å². The van der Waals surface area contributed by atoms with Gasteiger partial charge in [0.25, 0.3) is 5.56 Å². The number of benzene rings is 1. The maximum absolute atomic E-state index is 13.1. The molecular formula is C26H34N6OS. The van der Waals surface area contributed by atoms with Crippen molar-refractivity contribution < 1.29 is 0 Å². The topological polar surface area (TPSA) is 79.7 Å². The maximum atomic E-state index is 13.1. The van der Waals surface area contributed by atoms with Gasteiger partial charge in [-0.1, -0.05) is 38.0 Å². The zero-order valence-corrected chi connectivity index (χ0v) is 21.5. The van der Waals surface area contributed by atoms with Crippen LogP contribution in [0.5, 0.6) is 0 Å². The second-order valence-electron chi connectivity index (χ2n) is 9.62. The van der Waals surface area contributed by atoms with Crippen LogP contribution in [0.25, 0.3) is 10.9 Å². The first-order valence-electron chi connectivity index (χ1n) is 12.0. The summed E-state index contributed by atoms with van der Waals surface area (Å²) in [6.45, 7) is 12.0. The summed E-state index contributed by atoms with van der Waals surface area (Å²) < 4.78 is 1.97. The lowest BCUT2D eigenvalue weighted by molar-refractivity contribution is 0.147. The van der Waals surface area contributed by atoms with E-state index in [2.05, 4.69) is 83.6 Å². The Morgan fingerprint density at radius 1 is 1.18 bits per heavy atom. The van der Waals surface area contributed by atoms with Crippen molar-refractivity contribution in [3.8, 4) is 0 Å². The van der Waals surface area contributed by atoms with E-state index in [1.54, 1.807) is 11.3 Å². The molecule has 1 atom stereocenters. The lowest BCUT2D eigenvalue weighted by Crippen LogP contribution is -2.36. The molecule has 0 bridgehead atoms. The molecule has 34 heavy (non-hydrogen) atoms. The molecule has 180 valence electrons. The standard InChI is InChI=1S/C26H34N6OS/c1-6-9-23(24-28-29-30-32(24)26(4,5)7-2)31(17-21-10-8-13-34-21)16-20-15-19-14-18(3)11-12-22(19)27-25(20)33/h8,10-15,23H,6-7,9,16-17H2,1-5H3,(H,27,33)/t23-/m0/s1. The summed E-state index contributed by atoms with van der Waals surface area (Å²) in [5.74, 6) is 0.860. The molecule has 0 spiro atoms. The Balaban J connectivity index is 1.78. The van der Waals surface area contributed by atoms with Crippen LogP contribution in [-0.4, -0.2) is 30.1 Å². The number of rotatable bonds is 10. The number of nitrogens with zero attached hydrogens (tertiary/aromatic N) is 5. The van der Waals surface area contributed by atoms with Crippen LogP contribution in [-0.2, 0) is 18.6 Å². The van der Waals surface area contributed by atoms with Gasteiger partial charge in [0.2, 0.25) is 0 Å². The van der Waals surface area contributed by atoms with Gasteiger partial charge >= 0.3 is 0 Å². The third-order valence-corrected chi connectivity index (χ3v) is 7.48. The number of hydrogen-bond acceptors (Lipinski definition) is 6. The molecule has 0 aliphatic heterocycles. The van der Waals surface area contributed by atoms with Gasteiger partial charge < -0.3 is 4.98 Å². The normalized spacial score (nSPS) is 13.1. The molecule has 0 aliphatic carbocycles. The monoisotopic (exact) mass is 478 g/mol. The summed E-state index contributed by atoms with van der Waals surface area (Å²) in [6.07, 6.45) is 2.80. The molecule has 0 saturated heterocycles. The summed E-state index contributed by atoms with van der Waals surface area (Å²) in [5, 5.41) is 16.1. The third kappa shape index (κ3) is 5.13. The van der Waals surface area contributed by atoms with Crippen LogP contribution >= 0.6 is 11.3 Å². The molecule has 4 aromatic rings. The fourth-order valence-electron chi connectivity index (χ4n) is 4.32. The van der Waals surface area contributed by atoms with Crippen molar-refractivity contribution in [2.45, 2.75) is 78.6 Å². The predicted molar refractivity (Wildman–Crippen MR) is 138 cm³/mol. The van der Waals surface area contributed by atoms with E-state index < -0.39 is 0 Å². The van der Waals surface area contributed by atoms with Gasteiger partial charge in [0, 0.05) is 29.0 Å². The molecule has 3 heterocycles. The third-order valence-electron chi connectivity index (χ3n) is 6.62. The van der Waals surface area contributed by atoms with Gasteiger partial charge in [0.05, 0.1) is 11.6 Å². The largest absolute Gasteiger partial charge is 0.322 e. The highest BCUT2D eigenvalue weighted by atomic mass is 32.1. The van der Waals surface area contributed by atoms with Crippen LogP contribution in [0.2, 0.25) is 0 Å². The average molecular weight is 479 g/mol. The van der Waals surface area contributed by atoms with Gasteiger partial charge in [0.1, 0.15) is 0 Å². The molecule has 0 amide bonds. The van der Waals surface area contributed by atoms with Crippen molar-refractivity contribution in [3.05, 3.63) is 74.0 Å². The van der Waals surface area contributed by atoms with Crippen LogP contribution in [0, 0.1) is 6.92 Å². The minimum Gasteiger partial charge on any atom is -0.322 e. The number of fused-ring (bicyclic) bond motifs is 1. The smallest absolute Gasteiger partial charge is 0.252 e. The van der Waals surface area contributed by atoms with Crippen LogP contribution < -0.4 is 5.56 Å². The molecule has 0 fully saturated rings. The van der Waals surface area contributed by atoms with Gasteiger partial charge in [0.15, 0.2) is 5.82 Å². The van der Waals surface area contributed by atoms with Crippen molar-refractivity contribution in [2.24, 2.45) is 0 Å². The Bertz CT molecular complexity index is 1290. The van der Waals surface area contributed by atoms with E-state index in [9.17, 15) is 4.79 Å². The van der Waals surface area contributed by atoms with Crippen LogP contribution in [0.15, 0.2) is 46.6 Å². The minimum absolute atomic E-state index is 0.0134. The number of tetrazole rings is 1. The van der Waals surface area contributed by atoms with Crippen molar-refractivity contribution in [1.82, 2.24) is 30.1 Å². The first kappa shape index (κ1) is 24.3. The fourth-order valence-corrected chi connectivity index (χ4v) is 5.05. The first-order valence-corrected chi connectivity index (χ1v) is 12.9. The van der Waals surface area contributed by atoms with Crippen molar-refractivity contribution in [1.29, 1.82) is 0 Å². The van der Waals surface area contributed by atoms with Crippen LogP contribution in [0.3, 0.4) is 0 Å². The number of pyridine rings is 1. The molecule has 1 N–H and O–H groups in total. The molecule has 3 aromatic heterocycles. The summed E-state index contributed by atoms with van der Waals surface area (Å²) >= 11 is 1.73. The van der Waals surface area contributed by atoms with Crippen LogP contribution in [0.1, 0.15) is 74.8 Å². The number of aryl methyl sites for hydroxylation is 1. The minimum atomic E-state index is -0.197. The van der Waals surface area contributed by atoms with Crippen molar-refractivity contribution >= 4 is 22.2 Å².